The van der Waals surface area contributed by atoms with Gasteiger partial charge in [-0.05, 0) is 78.6 Å². The first-order valence-corrected chi connectivity index (χ1v) is 12.2. The summed E-state index contributed by atoms with van der Waals surface area (Å²) in [7, 11) is 0. The standard InChI is InChI=1S/C29H29F5N2O/c30-25-11-5-22(6-12-25)28(23-7-13-26(31)14-8-23)2-1-17-36-18-15-27(16-19-36)35-37-20-21-3-9-24(10-4-21)29(32,33)34/h3-15,28,35H,1-2,16-20H2. The largest absolute Gasteiger partial charge is 0.416 e. The molecule has 0 fully saturated rings. The SMILES string of the molecule is Fc1ccc(C(CCCN2CC=C(NOCc3ccc(C(F)(F)F)cc3)CC2)c2ccc(F)cc2)cc1. The number of nitrogens with one attached hydrogen (secondary N) is 1. The van der Waals surface area contributed by atoms with Crippen LogP contribution in [0, 0.1) is 11.6 Å². The Hall–Kier alpha value is -3.23. The molecule has 0 spiro atoms. The highest BCUT2D eigenvalue weighted by atomic mass is 19.4. The number of hydrogen-bond acceptors (Lipinski definition) is 3. The summed E-state index contributed by atoms with van der Waals surface area (Å²) in [6.45, 7) is 2.65. The van der Waals surface area contributed by atoms with Crippen molar-refractivity contribution in [2.45, 2.75) is 38.0 Å². The van der Waals surface area contributed by atoms with E-state index in [1.54, 1.807) is 24.3 Å². The minimum absolute atomic E-state index is 0.0531. The van der Waals surface area contributed by atoms with Crippen molar-refractivity contribution in [1.82, 2.24) is 10.4 Å². The minimum Gasteiger partial charge on any atom is -0.299 e. The zero-order chi connectivity index (χ0) is 26.3. The molecule has 0 saturated carbocycles. The Balaban J connectivity index is 1.23. The van der Waals surface area contributed by atoms with Crippen LogP contribution in [-0.2, 0) is 17.6 Å². The maximum atomic E-state index is 13.4. The Labute approximate surface area is 213 Å². The molecule has 1 heterocycles. The van der Waals surface area contributed by atoms with E-state index in [9.17, 15) is 22.0 Å². The number of hydroxylamine groups is 1. The fourth-order valence-electron chi connectivity index (χ4n) is 4.44. The molecule has 1 aliphatic heterocycles. The summed E-state index contributed by atoms with van der Waals surface area (Å²) >= 11 is 0. The fourth-order valence-corrected chi connectivity index (χ4v) is 4.44. The smallest absolute Gasteiger partial charge is 0.299 e. The number of hydrogen-bond donors (Lipinski definition) is 1. The average Bonchev–Trinajstić information content (AvgIpc) is 2.89. The number of benzene rings is 3. The molecule has 196 valence electrons. The van der Waals surface area contributed by atoms with E-state index in [4.69, 9.17) is 4.84 Å². The number of nitrogens with zero attached hydrogens (tertiary/aromatic N) is 1. The molecule has 3 aromatic carbocycles. The molecular formula is C29H29F5N2O. The second-order valence-electron chi connectivity index (χ2n) is 9.16. The molecule has 1 N–H and O–H groups in total. The lowest BCUT2D eigenvalue weighted by Crippen LogP contribution is -2.32. The van der Waals surface area contributed by atoms with Crippen LogP contribution < -0.4 is 5.48 Å². The van der Waals surface area contributed by atoms with Gasteiger partial charge in [-0.3, -0.25) is 15.2 Å². The van der Waals surface area contributed by atoms with Crippen LogP contribution in [0.25, 0.3) is 0 Å². The first-order valence-electron chi connectivity index (χ1n) is 12.2. The summed E-state index contributed by atoms with van der Waals surface area (Å²) in [6.07, 6.45) is 0.235. The summed E-state index contributed by atoms with van der Waals surface area (Å²) in [4.78, 5) is 7.80. The van der Waals surface area contributed by atoms with Crippen LogP contribution in [0.15, 0.2) is 84.6 Å². The lowest BCUT2D eigenvalue weighted by Gasteiger charge is -2.27. The van der Waals surface area contributed by atoms with Gasteiger partial charge in [-0.25, -0.2) is 8.78 Å². The van der Waals surface area contributed by atoms with Crippen LogP contribution >= 0.6 is 0 Å². The van der Waals surface area contributed by atoms with Gasteiger partial charge in [0.25, 0.3) is 0 Å². The van der Waals surface area contributed by atoms with Crippen molar-refractivity contribution in [2.75, 3.05) is 19.6 Å². The van der Waals surface area contributed by atoms with Crippen molar-refractivity contribution in [3.8, 4) is 0 Å². The quantitative estimate of drug-likeness (QED) is 0.228. The zero-order valence-corrected chi connectivity index (χ0v) is 20.3. The second-order valence-corrected chi connectivity index (χ2v) is 9.16. The van der Waals surface area contributed by atoms with Crippen molar-refractivity contribution in [2.24, 2.45) is 0 Å². The highest BCUT2D eigenvalue weighted by molar-refractivity contribution is 5.32. The summed E-state index contributed by atoms with van der Waals surface area (Å²) in [6, 6.07) is 17.9. The Morgan fingerprint density at radius 1 is 0.838 bits per heavy atom. The van der Waals surface area contributed by atoms with Gasteiger partial charge in [0.2, 0.25) is 0 Å². The predicted octanol–water partition coefficient (Wildman–Crippen LogP) is 7.21. The van der Waals surface area contributed by atoms with Gasteiger partial charge >= 0.3 is 6.18 Å². The third-order valence-electron chi connectivity index (χ3n) is 6.53. The van der Waals surface area contributed by atoms with Gasteiger partial charge in [-0.15, -0.1) is 0 Å². The summed E-state index contributed by atoms with van der Waals surface area (Å²) in [5.41, 5.74) is 5.83. The summed E-state index contributed by atoms with van der Waals surface area (Å²) < 4.78 is 64.9. The van der Waals surface area contributed by atoms with E-state index in [0.29, 0.717) is 5.56 Å². The Bertz CT molecular complexity index is 1110. The van der Waals surface area contributed by atoms with Gasteiger partial charge in [0.05, 0.1) is 12.2 Å². The van der Waals surface area contributed by atoms with E-state index >= 15 is 0 Å². The van der Waals surface area contributed by atoms with E-state index in [1.165, 1.54) is 36.4 Å². The Kier molecular flexibility index (Phi) is 8.95. The van der Waals surface area contributed by atoms with Crippen molar-refractivity contribution >= 4 is 0 Å². The van der Waals surface area contributed by atoms with Crippen LogP contribution in [-0.4, -0.2) is 24.5 Å². The third-order valence-corrected chi connectivity index (χ3v) is 6.53. The molecule has 3 nitrogen and oxygen atoms in total. The van der Waals surface area contributed by atoms with Gasteiger partial charge in [-0.2, -0.15) is 13.2 Å². The van der Waals surface area contributed by atoms with E-state index in [0.717, 1.165) is 67.9 Å². The van der Waals surface area contributed by atoms with Crippen molar-refractivity contribution < 1.29 is 26.8 Å². The van der Waals surface area contributed by atoms with E-state index in [2.05, 4.69) is 10.4 Å². The number of rotatable bonds is 10. The summed E-state index contributed by atoms with van der Waals surface area (Å²) in [5.74, 6) is -0.513. The zero-order valence-electron chi connectivity index (χ0n) is 20.3. The molecule has 37 heavy (non-hydrogen) atoms. The van der Waals surface area contributed by atoms with Crippen LogP contribution in [0.1, 0.15) is 47.4 Å². The van der Waals surface area contributed by atoms with E-state index < -0.39 is 11.7 Å². The monoisotopic (exact) mass is 516 g/mol. The van der Waals surface area contributed by atoms with E-state index in [1.807, 2.05) is 6.08 Å². The maximum Gasteiger partial charge on any atom is 0.416 e. The minimum atomic E-state index is -4.35. The van der Waals surface area contributed by atoms with Crippen LogP contribution in [0.5, 0.6) is 0 Å². The molecule has 0 unspecified atom stereocenters. The molecule has 1 aliphatic rings. The van der Waals surface area contributed by atoms with Gasteiger partial charge in [0, 0.05) is 31.1 Å². The van der Waals surface area contributed by atoms with Crippen molar-refractivity contribution in [3.63, 3.8) is 0 Å². The van der Waals surface area contributed by atoms with Crippen molar-refractivity contribution in [3.05, 3.63) is 118 Å². The molecule has 0 bridgehead atoms. The molecule has 0 amide bonds. The first kappa shape index (κ1) is 26.8. The van der Waals surface area contributed by atoms with Gasteiger partial charge in [0.1, 0.15) is 11.6 Å². The normalized spacial score (nSPS) is 14.6. The maximum absolute atomic E-state index is 13.4. The molecule has 3 aromatic rings. The van der Waals surface area contributed by atoms with Gasteiger partial charge < -0.3 is 0 Å². The molecular weight excluding hydrogens is 487 g/mol. The van der Waals surface area contributed by atoms with Crippen LogP contribution in [0.4, 0.5) is 22.0 Å². The fraction of sp³-hybridized carbons (Fsp3) is 0.310. The second kappa shape index (κ2) is 12.3. The lowest BCUT2D eigenvalue weighted by atomic mass is 9.87. The Morgan fingerprint density at radius 3 is 1.95 bits per heavy atom. The molecule has 0 atom stereocenters. The molecule has 4 rings (SSSR count). The molecule has 8 heteroatoms. The van der Waals surface area contributed by atoms with Crippen LogP contribution in [0.3, 0.4) is 0 Å². The molecule has 0 saturated heterocycles. The lowest BCUT2D eigenvalue weighted by molar-refractivity contribution is -0.137. The van der Waals surface area contributed by atoms with E-state index in [-0.39, 0.29) is 24.2 Å². The highest BCUT2D eigenvalue weighted by Crippen LogP contribution is 2.30. The van der Waals surface area contributed by atoms with Crippen LogP contribution in [0.2, 0.25) is 0 Å². The molecule has 0 radical (unpaired) electrons. The molecule has 0 aromatic heterocycles. The summed E-state index contributed by atoms with van der Waals surface area (Å²) in [5, 5.41) is 0. The predicted molar refractivity (Wildman–Crippen MR) is 132 cm³/mol. The van der Waals surface area contributed by atoms with Crippen molar-refractivity contribution in [1.29, 1.82) is 0 Å². The highest BCUT2D eigenvalue weighted by Gasteiger charge is 2.29. The Morgan fingerprint density at radius 2 is 1.43 bits per heavy atom. The van der Waals surface area contributed by atoms with Gasteiger partial charge in [-0.1, -0.05) is 36.4 Å². The first-order chi connectivity index (χ1) is 17.8. The average molecular weight is 517 g/mol. The van der Waals surface area contributed by atoms with Gasteiger partial charge in [0.15, 0.2) is 0 Å². The number of alkyl halides is 3. The topological polar surface area (TPSA) is 24.5 Å². The third kappa shape index (κ3) is 7.87. The number of halogens is 5. The molecule has 0 aliphatic carbocycles.